The molecule has 3 N–H and O–H groups in total. The lowest BCUT2D eigenvalue weighted by Crippen LogP contribution is -2.52. The molecule has 146 valence electrons. The fourth-order valence-corrected chi connectivity index (χ4v) is 4.55. The van der Waals surface area contributed by atoms with Gasteiger partial charge in [0, 0.05) is 16.0 Å². The molecule has 0 aliphatic carbocycles. The topological polar surface area (TPSA) is 87.0 Å². The largest absolute Gasteiger partial charge is 0.394 e. The second-order valence-corrected chi connectivity index (χ2v) is 8.02. The lowest BCUT2D eigenvalue weighted by molar-refractivity contribution is -0.189. The first-order chi connectivity index (χ1) is 13.5. The molecule has 0 saturated carbocycles. The maximum atomic E-state index is 14.4. The SMILES string of the molecule is O=C1[C@@H](O)[C@H](c2ccc(F)c(Cc3cc4ccccc4s3)c2)OC(CO)[C@H]1O. The number of rotatable bonds is 4. The van der Waals surface area contributed by atoms with Gasteiger partial charge in [0.05, 0.1) is 6.61 Å². The molecule has 2 heterocycles. The van der Waals surface area contributed by atoms with Crippen molar-refractivity contribution < 1.29 is 29.2 Å². The van der Waals surface area contributed by atoms with Crippen LogP contribution >= 0.6 is 11.3 Å². The molecule has 4 atom stereocenters. The summed E-state index contributed by atoms with van der Waals surface area (Å²) in [5.74, 6) is -1.21. The van der Waals surface area contributed by atoms with Crippen molar-refractivity contribution in [3.63, 3.8) is 0 Å². The number of carbonyl (C=O) groups excluding carboxylic acids is 1. The Labute approximate surface area is 164 Å². The van der Waals surface area contributed by atoms with Crippen LogP contribution in [-0.2, 0) is 16.0 Å². The molecule has 2 aromatic carbocycles. The van der Waals surface area contributed by atoms with Gasteiger partial charge in [-0.15, -0.1) is 11.3 Å². The fourth-order valence-electron chi connectivity index (χ4n) is 3.47. The molecule has 1 unspecified atom stereocenters. The van der Waals surface area contributed by atoms with Gasteiger partial charge in [-0.25, -0.2) is 4.39 Å². The highest BCUT2D eigenvalue weighted by Gasteiger charge is 2.43. The van der Waals surface area contributed by atoms with E-state index in [2.05, 4.69) is 0 Å². The van der Waals surface area contributed by atoms with E-state index in [9.17, 15) is 24.5 Å². The first kappa shape index (κ1) is 19.2. The number of ketones is 1. The summed E-state index contributed by atoms with van der Waals surface area (Å²) in [5.41, 5.74) is 0.836. The average Bonchev–Trinajstić information content (AvgIpc) is 3.11. The van der Waals surface area contributed by atoms with Crippen molar-refractivity contribution in [1.29, 1.82) is 0 Å². The second kappa shape index (κ2) is 7.69. The monoisotopic (exact) mass is 402 g/mol. The van der Waals surface area contributed by atoms with Gasteiger partial charge >= 0.3 is 0 Å². The molecule has 1 aromatic heterocycles. The lowest BCUT2D eigenvalue weighted by atomic mass is 9.91. The Kier molecular flexibility index (Phi) is 5.27. The van der Waals surface area contributed by atoms with Crippen molar-refractivity contribution in [1.82, 2.24) is 0 Å². The number of fused-ring (bicyclic) bond motifs is 1. The molecule has 0 amide bonds. The Morgan fingerprint density at radius 1 is 1.07 bits per heavy atom. The third-order valence-electron chi connectivity index (χ3n) is 4.96. The van der Waals surface area contributed by atoms with Crippen molar-refractivity contribution in [2.75, 3.05) is 6.61 Å². The summed E-state index contributed by atoms with van der Waals surface area (Å²) < 4.78 is 21.0. The minimum absolute atomic E-state index is 0.363. The Balaban J connectivity index is 1.64. The number of benzene rings is 2. The Morgan fingerprint density at radius 3 is 2.61 bits per heavy atom. The summed E-state index contributed by atoms with van der Waals surface area (Å²) >= 11 is 1.58. The van der Waals surface area contributed by atoms with Crippen LogP contribution in [-0.4, -0.2) is 46.0 Å². The molecule has 7 heteroatoms. The van der Waals surface area contributed by atoms with Gasteiger partial charge in [-0.05, 0) is 40.8 Å². The summed E-state index contributed by atoms with van der Waals surface area (Å²) in [6, 6.07) is 14.2. The van der Waals surface area contributed by atoms with E-state index in [1.807, 2.05) is 30.3 Å². The van der Waals surface area contributed by atoms with Gasteiger partial charge in [-0.3, -0.25) is 4.79 Å². The van der Waals surface area contributed by atoms with E-state index in [1.54, 1.807) is 17.4 Å². The zero-order valence-corrected chi connectivity index (χ0v) is 15.6. The van der Waals surface area contributed by atoms with E-state index < -0.39 is 42.6 Å². The number of Topliss-reactive ketones (excluding diaryl/α,β-unsaturated/α-hetero) is 1. The number of aliphatic hydroxyl groups is 3. The minimum atomic E-state index is -1.59. The zero-order valence-electron chi connectivity index (χ0n) is 14.8. The number of ether oxygens (including phenoxy) is 1. The van der Waals surface area contributed by atoms with Crippen molar-refractivity contribution in [3.05, 3.63) is 70.4 Å². The highest BCUT2D eigenvalue weighted by molar-refractivity contribution is 7.19. The van der Waals surface area contributed by atoms with Gasteiger partial charge in [0.2, 0.25) is 0 Å². The molecule has 1 saturated heterocycles. The molecule has 1 aliphatic heterocycles. The van der Waals surface area contributed by atoms with E-state index in [0.717, 1.165) is 15.0 Å². The molecule has 28 heavy (non-hydrogen) atoms. The van der Waals surface area contributed by atoms with Gasteiger partial charge in [0.25, 0.3) is 0 Å². The molecule has 0 spiro atoms. The van der Waals surface area contributed by atoms with Crippen LogP contribution in [0.2, 0.25) is 0 Å². The van der Waals surface area contributed by atoms with E-state index in [-0.39, 0.29) is 0 Å². The second-order valence-electron chi connectivity index (χ2n) is 6.85. The van der Waals surface area contributed by atoms with Gasteiger partial charge in [0.15, 0.2) is 5.78 Å². The first-order valence-electron chi connectivity index (χ1n) is 8.90. The average molecular weight is 402 g/mol. The van der Waals surface area contributed by atoms with Crippen molar-refractivity contribution in [2.45, 2.75) is 30.8 Å². The highest BCUT2D eigenvalue weighted by atomic mass is 32.1. The maximum absolute atomic E-state index is 14.4. The van der Waals surface area contributed by atoms with Crippen LogP contribution in [0.1, 0.15) is 22.1 Å². The molecule has 0 bridgehead atoms. The van der Waals surface area contributed by atoms with Crippen molar-refractivity contribution >= 4 is 27.2 Å². The number of thiophene rings is 1. The smallest absolute Gasteiger partial charge is 0.195 e. The zero-order chi connectivity index (χ0) is 19.8. The highest BCUT2D eigenvalue weighted by Crippen LogP contribution is 2.33. The Bertz CT molecular complexity index is 984. The molecule has 5 nitrogen and oxygen atoms in total. The van der Waals surface area contributed by atoms with Gasteiger partial charge in [-0.2, -0.15) is 0 Å². The summed E-state index contributed by atoms with van der Waals surface area (Å²) in [4.78, 5) is 13.0. The number of aliphatic hydroxyl groups excluding tert-OH is 3. The lowest BCUT2D eigenvalue weighted by Gasteiger charge is -2.35. The molecule has 0 radical (unpaired) electrons. The van der Waals surface area contributed by atoms with Crippen LogP contribution in [0.4, 0.5) is 4.39 Å². The number of carbonyl (C=O) groups is 1. The summed E-state index contributed by atoms with van der Waals surface area (Å²) in [6.07, 6.45) is -5.01. The van der Waals surface area contributed by atoms with Crippen LogP contribution in [0.15, 0.2) is 48.5 Å². The summed E-state index contributed by atoms with van der Waals surface area (Å²) in [5, 5.41) is 30.4. The third kappa shape index (κ3) is 3.47. The fraction of sp³-hybridized carbons (Fsp3) is 0.286. The minimum Gasteiger partial charge on any atom is -0.394 e. The normalized spacial score (nSPS) is 25.4. The Morgan fingerprint density at radius 2 is 1.86 bits per heavy atom. The molecule has 4 rings (SSSR count). The van der Waals surface area contributed by atoms with Crippen LogP contribution < -0.4 is 0 Å². The van der Waals surface area contributed by atoms with Crippen molar-refractivity contribution in [2.24, 2.45) is 0 Å². The van der Waals surface area contributed by atoms with E-state index in [1.165, 1.54) is 12.1 Å². The molecule has 1 fully saturated rings. The van der Waals surface area contributed by atoms with Crippen LogP contribution in [0.5, 0.6) is 0 Å². The number of halogens is 1. The van der Waals surface area contributed by atoms with Crippen LogP contribution in [0, 0.1) is 5.82 Å². The summed E-state index contributed by atoms with van der Waals surface area (Å²) in [6.45, 7) is -0.564. The van der Waals surface area contributed by atoms with Crippen LogP contribution in [0.25, 0.3) is 10.1 Å². The Hall–Kier alpha value is -2.16. The summed E-state index contributed by atoms with van der Waals surface area (Å²) in [7, 11) is 0. The standard InChI is InChI=1S/C21H19FO5S/c22-15-6-5-12(21-20(26)19(25)18(24)16(10-23)27-21)7-13(15)9-14-8-11-3-1-2-4-17(11)28-14/h1-8,16,18,20-21,23-24,26H,9-10H2/t16?,18-,20-,21+/m1/s1. The van der Waals surface area contributed by atoms with Gasteiger partial charge in [0.1, 0.15) is 30.2 Å². The van der Waals surface area contributed by atoms with Gasteiger partial charge in [-0.1, -0.05) is 24.3 Å². The van der Waals surface area contributed by atoms with Crippen LogP contribution in [0.3, 0.4) is 0 Å². The number of hydrogen-bond acceptors (Lipinski definition) is 6. The van der Waals surface area contributed by atoms with E-state index in [4.69, 9.17) is 4.74 Å². The van der Waals surface area contributed by atoms with E-state index in [0.29, 0.717) is 17.5 Å². The molecule has 1 aliphatic rings. The van der Waals surface area contributed by atoms with E-state index >= 15 is 0 Å². The first-order valence-corrected chi connectivity index (χ1v) is 9.71. The third-order valence-corrected chi connectivity index (χ3v) is 6.08. The quantitative estimate of drug-likeness (QED) is 0.624. The molecular formula is C21H19FO5S. The van der Waals surface area contributed by atoms with Crippen molar-refractivity contribution in [3.8, 4) is 0 Å². The maximum Gasteiger partial charge on any atom is 0.195 e. The number of hydrogen-bond donors (Lipinski definition) is 3. The predicted molar refractivity (Wildman–Crippen MR) is 103 cm³/mol. The van der Waals surface area contributed by atoms with Gasteiger partial charge < -0.3 is 20.1 Å². The molecule has 3 aromatic rings. The molecular weight excluding hydrogens is 383 g/mol. The predicted octanol–water partition coefficient (Wildman–Crippen LogP) is 2.35.